The molecule has 250 valence electrons. The summed E-state index contributed by atoms with van der Waals surface area (Å²) in [6.07, 6.45) is 6.48. The van der Waals surface area contributed by atoms with Crippen molar-refractivity contribution < 1.29 is 0 Å². The first kappa shape index (κ1) is 31.0. The van der Waals surface area contributed by atoms with Crippen molar-refractivity contribution in [3.63, 3.8) is 0 Å². The van der Waals surface area contributed by atoms with Crippen LogP contribution in [0.5, 0.6) is 0 Å². The van der Waals surface area contributed by atoms with Crippen LogP contribution in [0.1, 0.15) is 17.8 Å². The van der Waals surface area contributed by atoms with E-state index in [9.17, 15) is 0 Å². The molecule has 9 aromatic rings. The van der Waals surface area contributed by atoms with E-state index in [0.717, 1.165) is 35.6 Å². The van der Waals surface area contributed by atoms with Crippen molar-refractivity contribution in [2.24, 2.45) is 0 Å². The van der Waals surface area contributed by atoms with Gasteiger partial charge in [0.1, 0.15) is 5.82 Å². The molecule has 8 aromatic carbocycles. The first-order chi connectivity index (χ1) is 26.3. The molecule has 2 heteroatoms. The van der Waals surface area contributed by atoms with Crippen LogP contribution in [-0.4, -0.2) is 9.55 Å². The summed E-state index contributed by atoms with van der Waals surface area (Å²) in [6, 6.07) is 66.0. The maximum absolute atomic E-state index is 5.20. The normalized spacial score (nSPS) is 12.3. The molecule has 0 bridgehead atoms. The average molecular weight is 677 g/mol. The van der Waals surface area contributed by atoms with E-state index in [1.54, 1.807) is 0 Å². The van der Waals surface area contributed by atoms with Crippen LogP contribution in [0.2, 0.25) is 0 Å². The van der Waals surface area contributed by atoms with Gasteiger partial charge in [0.05, 0.1) is 11.4 Å². The summed E-state index contributed by atoms with van der Waals surface area (Å²) >= 11 is 0. The Bertz CT molecular complexity index is 2790. The molecule has 0 saturated heterocycles. The molecule has 1 heterocycles. The maximum atomic E-state index is 5.20. The van der Waals surface area contributed by atoms with Crippen LogP contribution in [0.4, 0.5) is 0 Å². The highest BCUT2D eigenvalue weighted by molar-refractivity contribution is 6.23. The molecule has 2 nitrogen and oxygen atoms in total. The van der Waals surface area contributed by atoms with Crippen LogP contribution in [-0.2, 0) is 6.42 Å². The Labute approximate surface area is 310 Å². The molecule has 0 unspecified atom stereocenters. The lowest BCUT2D eigenvalue weighted by Gasteiger charge is -2.20. The van der Waals surface area contributed by atoms with Gasteiger partial charge >= 0.3 is 0 Å². The Morgan fingerprint density at radius 1 is 0.415 bits per heavy atom. The van der Waals surface area contributed by atoms with Crippen LogP contribution >= 0.6 is 0 Å². The number of hydrogen-bond donors (Lipinski definition) is 0. The molecule has 10 rings (SSSR count). The fraction of sp³-hybridized carbons (Fsp3) is 0.0392. The topological polar surface area (TPSA) is 17.8 Å². The quantitative estimate of drug-likeness (QED) is 0.160. The van der Waals surface area contributed by atoms with E-state index in [-0.39, 0.29) is 0 Å². The Kier molecular flexibility index (Phi) is 7.66. The standard InChI is InChI=1S/C51H36N2/c1-4-16-36(17-5-1)41-22-10-11-23-42(41)50-44-25-13-12-24-43(44)49(37-18-6-2-7-19-37)45-33-32-39(34-46(45)50)35-28-30-38(31-29-35)51-52-47-26-14-15-27-48(47)53(51)40-20-8-3-9-21-40/h1-13,15-25,27-34H,14,26H2. The minimum absolute atomic E-state index is 0.962. The summed E-state index contributed by atoms with van der Waals surface area (Å²) in [4.78, 5) is 5.20. The highest BCUT2D eigenvalue weighted by Crippen LogP contribution is 2.47. The van der Waals surface area contributed by atoms with E-state index in [1.807, 2.05) is 0 Å². The predicted octanol–water partition coefficient (Wildman–Crippen LogP) is 13.5. The van der Waals surface area contributed by atoms with E-state index < -0.39 is 0 Å². The van der Waals surface area contributed by atoms with Crippen LogP contribution in [0, 0.1) is 0 Å². The number of hydrogen-bond acceptors (Lipinski definition) is 1. The van der Waals surface area contributed by atoms with Crippen molar-refractivity contribution in [3.8, 4) is 61.6 Å². The third-order valence-corrected chi connectivity index (χ3v) is 10.7. The van der Waals surface area contributed by atoms with Gasteiger partial charge in [-0.15, -0.1) is 0 Å². The van der Waals surface area contributed by atoms with Gasteiger partial charge in [0.15, 0.2) is 0 Å². The lowest BCUT2D eigenvalue weighted by Crippen LogP contribution is -2.01. The van der Waals surface area contributed by atoms with E-state index in [4.69, 9.17) is 4.98 Å². The van der Waals surface area contributed by atoms with E-state index >= 15 is 0 Å². The number of benzene rings is 8. The van der Waals surface area contributed by atoms with Gasteiger partial charge in [-0.1, -0.05) is 170 Å². The minimum Gasteiger partial charge on any atom is -0.293 e. The Balaban J connectivity index is 1.18. The van der Waals surface area contributed by atoms with Gasteiger partial charge in [-0.25, -0.2) is 4.98 Å². The number of nitrogens with zero attached hydrogens (tertiary/aromatic N) is 2. The fourth-order valence-electron chi connectivity index (χ4n) is 8.23. The van der Waals surface area contributed by atoms with Crippen molar-refractivity contribution in [1.82, 2.24) is 9.55 Å². The summed E-state index contributed by atoms with van der Waals surface area (Å²) in [5.74, 6) is 0.983. The number of para-hydroxylation sites is 1. The number of imidazole rings is 1. The largest absolute Gasteiger partial charge is 0.293 e. The number of rotatable bonds is 6. The van der Waals surface area contributed by atoms with Crippen molar-refractivity contribution in [1.29, 1.82) is 0 Å². The Hall–Kier alpha value is -6.77. The Morgan fingerprint density at radius 3 is 1.72 bits per heavy atom. The minimum atomic E-state index is 0.962. The van der Waals surface area contributed by atoms with E-state index in [1.165, 1.54) is 71.7 Å². The molecule has 1 aliphatic rings. The summed E-state index contributed by atoms with van der Waals surface area (Å²) in [5.41, 5.74) is 14.4. The second-order valence-corrected chi connectivity index (χ2v) is 13.8. The lowest BCUT2D eigenvalue weighted by atomic mass is 9.83. The molecule has 0 fully saturated rings. The highest BCUT2D eigenvalue weighted by Gasteiger charge is 2.21. The van der Waals surface area contributed by atoms with Gasteiger partial charge in [0, 0.05) is 11.3 Å². The SMILES string of the molecule is C1=Cc2c(nc(-c3ccc(-c4ccc5c(-c6ccccc6)c6ccccc6c(-c6ccccc6-c6ccccc6)c5c4)cc3)n2-c2ccccc2)CC1. The molecule has 0 spiro atoms. The van der Waals surface area contributed by atoms with Crippen molar-refractivity contribution in [3.05, 3.63) is 199 Å². The monoisotopic (exact) mass is 676 g/mol. The van der Waals surface area contributed by atoms with E-state index in [2.05, 4.69) is 199 Å². The van der Waals surface area contributed by atoms with Crippen LogP contribution in [0.15, 0.2) is 188 Å². The van der Waals surface area contributed by atoms with Crippen LogP contribution < -0.4 is 0 Å². The second kappa shape index (κ2) is 13.1. The molecule has 0 N–H and O–H groups in total. The Morgan fingerprint density at radius 2 is 0.981 bits per heavy atom. The smallest absolute Gasteiger partial charge is 0.145 e. The summed E-state index contributed by atoms with van der Waals surface area (Å²) in [6.45, 7) is 0. The molecule has 53 heavy (non-hydrogen) atoms. The molecule has 0 aliphatic heterocycles. The van der Waals surface area contributed by atoms with Crippen LogP contribution in [0.25, 0.3) is 89.2 Å². The maximum Gasteiger partial charge on any atom is 0.145 e. The number of aromatic nitrogens is 2. The van der Waals surface area contributed by atoms with Gasteiger partial charge in [-0.3, -0.25) is 4.57 Å². The van der Waals surface area contributed by atoms with Gasteiger partial charge in [-0.05, 0) is 103 Å². The molecule has 1 aliphatic carbocycles. The fourth-order valence-corrected chi connectivity index (χ4v) is 8.23. The zero-order chi connectivity index (χ0) is 35.1. The molecular formula is C51H36N2. The molecule has 0 radical (unpaired) electrons. The first-order valence-corrected chi connectivity index (χ1v) is 18.4. The molecule has 0 saturated carbocycles. The van der Waals surface area contributed by atoms with Crippen molar-refractivity contribution in [2.45, 2.75) is 12.8 Å². The van der Waals surface area contributed by atoms with Crippen LogP contribution in [0.3, 0.4) is 0 Å². The number of allylic oxidation sites excluding steroid dienone is 1. The van der Waals surface area contributed by atoms with Gasteiger partial charge < -0.3 is 0 Å². The number of aryl methyl sites for hydroxylation is 1. The highest BCUT2D eigenvalue weighted by atomic mass is 15.1. The third kappa shape index (κ3) is 5.39. The lowest BCUT2D eigenvalue weighted by molar-refractivity contribution is 0.936. The zero-order valence-electron chi connectivity index (χ0n) is 29.3. The van der Waals surface area contributed by atoms with Gasteiger partial charge in [0.2, 0.25) is 0 Å². The zero-order valence-corrected chi connectivity index (χ0v) is 29.3. The second-order valence-electron chi connectivity index (χ2n) is 13.8. The molecular weight excluding hydrogens is 641 g/mol. The van der Waals surface area contributed by atoms with Gasteiger partial charge in [-0.2, -0.15) is 0 Å². The summed E-state index contributed by atoms with van der Waals surface area (Å²) in [7, 11) is 0. The van der Waals surface area contributed by atoms with Crippen molar-refractivity contribution >= 4 is 27.6 Å². The molecule has 0 amide bonds. The summed E-state index contributed by atoms with van der Waals surface area (Å²) < 4.78 is 2.31. The third-order valence-electron chi connectivity index (χ3n) is 10.7. The van der Waals surface area contributed by atoms with Gasteiger partial charge in [0.25, 0.3) is 0 Å². The van der Waals surface area contributed by atoms with Crippen molar-refractivity contribution in [2.75, 3.05) is 0 Å². The van der Waals surface area contributed by atoms with E-state index in [0.29, 0.717) is 0 Å². The number of fused-ring (bicyclic) bond motifs is 3. The molecule has 0 atom stereocenters. The summed E-state index contributed by atoms with van der Waals surface area (Å²) in [5, 5.41) is 5.00. The first-order valence-electron chi connectivity index (χ1n) is 18.4. The predicted molar refractivity (Wildman–Crippen MR) is 223 cm³/mol. The molecule has 1 aromatic heterocycles. The average Bonchev–Trinajstić information content (AvgIpc) is 3.63.